The molecule has 0 spiro atoms. The molecule has 0 amide bonds. The van der Waals surface area contributed by atoms with Gasteiger partial charge in [-0.1, -0.05) is 0 Å². The van der Waals surface area contributed by atoms with Gasteiger partial charge in [0.1, 0.15) is 11.6 Å². The largest absolute Gasteiger partial charge is 0.468 e. The molecule has 1 aromatic carbocycles. The second-order valence-electron chi connectivity index (χ2n) is 6.91. The summed E-state index contributed by atoms with van der Waals surface area (Å²) in [6.45, 7) is 0.896. The van der Waals surface area contributed by atoms with Crippen molar-refractivity contribution in [3.05, 3.63) is 54.2 Å². The summed E-state index contributed by atoms with van der Waals surface area (Å²) in [7, 11) is 0. The minimum atomic E-state index is -0.245. The fourth-order valence-electron chi connectivity index (χ4n) is 4.12. The minimum Gasteiger partial charge on any atom is -0.468 e. The molecule has 2 saturated heterocycles. The summed E-state index contributed by atoms with van der Waals surface area (Å²) in [6, 6.07) is 11.8. The second-order valence-corrected chi connectivity index (χ2v) is 7.32. The van der Waals surface area contributed by atoms with E-state index in [0.717, 1.165) is 30.8 Å². The zero-order valence-electron chi connectivity index (χ0n) is 14.0. The third kappa shape index (κ3) is 3.85. The Labute approximate surface area is 152 Å². The van der Waals surface area contributed by atoms with Crippen LogP contribution in [0.2, 0.25) is 0 Å². The molecule has 25 heavy (non-hydrogen) atoms. The van der Waals surface area contributed by atoms with Crippen LogP contribution in [0.25, 0.3) is 0 Å². The average molecular weight is 359 g/mol. The zero-order valence-corrected chi connectivity index (χ0v) is 14.8. The molecule has 2 aliphatic heterocycles. The number of hydrogen-bond donors (Lipinski definition) is 2. The third-order valence-electron chi connectivity index (χ3n) is 5.24. The average Bonchev–Trinajstić information content (AvgIpc) is 3.17. The van der Waals surface area contributed by atoms with Gasteiger partial charge in [0, 0.05) is 23.8 Å². The van der Waals surface area contributed by atoms with E-state index >= 15 is 0 Å². The number of fused-ring (bicyclic) bond motifs is 2. The van der Waals surface area contributed by atoms with Crippen molar-refractivity contribution < 1.29 is 8.81 Å². The first-order valence-electron chi connectivity index (χ1n) is 8.78. The molecule has 4 nitrogen and oxygen atoms in total. The van der Waals surface area contributed by atoms with Crippen molar-refractivity contribution in [3.8, 4) is 0 Å². The Morgan fingerprint density at radius 2 is 1.88 bits per heavy atom. The van der Waals surface area contributed by atoms with E-state index in [1.807, 2.05) is 12.1 Å². The van der Waals surface area contributed by atoms with E-state index in [0.29, 0.717) is 23.2 Å². The lowest BCUT2D eigenvalue weighted by atomic mass is 9.97. The summed E-state index contributed by atoms with van der Waals surface area (Å²) < 4.78 is 18.5. The van der Waals surface area contributed by atoms with E-state index in [1.54, 1.807) is 18.4 Å². The quantitative estimate of drug-likeness (QED) is 0.810. The number of piperidine rings is 1. The molecule has 132 valence electrons. The molecular weight excluding hydrogens is 337 g/mol. The van der Waals surface area contributed by atoms with E-state index in [9.17, 15) is 4.39 Å². The summed E-state index contributed by atoms with van der Waals surface area (Å²) >= 11 is 5.43. The van der Waals surface area contributed by atoms with Crippen LogP contribution in [-0.4, -0.2) is 28.1 Å². The lowest BCUT2D eigenvalue weighted by molar-refractivity contribution is 0.106. The number of anilines is 1. The van der Waals surface area contributed by atoms with Crippen LogP contribution in [-0.2, 0) is 6.54 Å². The summed E-state index contributed by atoms with van der Waals surface area (Å²) in [6.07, 6.45) is 6.39. The van der Waals surface area contributed by atoms with E-state index in [1.165, 1.54) is 25.0 Å². The summed E-state index contributed by atoms with van der Waals surface area (Å²) in [5.74, 6) is 0.793. The fourth-order valence-corrected chi connectivity index (χ4v) is 4.40. The van der Waals surface area contributed by atoms with Crippen molar-refractivity contribution in [2.75, 3.05) is 5.32 Å². The van der Waals surface area contributed by atoms with Crippen molar-refractivity contribution in [2.45, 2.75) is 50.4 Å². The minimum absolute atomic E-state index is 0.245. The standard InChI is InChI=1S/C19H22FN3OS/c20-13-3-5-14(6-4-13)21-19(25)22-15-10-16-7-8-17(11-15)23(16)12-18-2-1-9-24-18/h1-6,9,15-17H,7-8,10-12H2,(H2,21,22,25)/t15?,16-,17+. The van der Waals surface area contributed by atoms with Crippen molar-refractivity contribution in [1.29, 1.82) is 0 Å². The maximum absolute atomic E-state index is 13.0. The predicted molar refractivity (Wildman–Crippen MR) is 99.8 cm³/mol. The maximum Gasteiger partial charge on any atom is 0.170 e. The monoisotopic (exact) mass is 359 g/mol. The zero-order chi connectivity index (χ0) is 17.2. The van der Waals surface area contributed by atoms with Gasteiger partial charge in [-0.3, -0.25) is 4.90 Å². The Morgan fingerprint density at radius 3 is 2.52 bits per heavy atom. The highest BCUT2D eigenvalue weighted by atomic mass is 32.1. The van der Waals surface area contributed by atoms with Gasteiger partial charge < -0.3 is 15.1 Å². The molecule has 0 saturated carbocycles. The van der Waals surface area contributed by atoms with Crippen molar-refractivity contribution in [1.82, 2.24) is 10.2 Å². The highest BCUT2D eigenvalue weighted by Crippen LogP contribution is 2.36. The first kappa shape index (κ1) is 16.5. The number of thiocarbonyl (C=S) groups is 1. The van der Waals surface area contributed by atoms with E-state index in [4.69, 9.17) is 16.6 Å². The van der Waals surface area contributed by atoms with E-state index < -0.39 is 0 Å². The summed E-state index contributed by atoms with van der Waals surface area (Å²) in [5, 5.41) is 7.18. The Hall–Kier alpha value is -1.92. The number of nitrogens with one attached hydrogen (secondary N) is 2. The Balaban J connectivity index is 1.31. The first-order chi connectivity index (χ1) is 12.2. The van der Waals surface area contributed by atoms with E-state index in [-0.39, 0.29) is 5.82 Å². The van der Waals surface area contributed by atoms with Crippen LogP contribution in [0.5, 0.6) is 0 Å². The van der Waals surface area contributed by atoms with Gasteiger partial charge in [0.25, 0.3) is 0 Å². The molecule has 6 heteroatoms. The van der Waals surface area contributed by atoms with Gasteiger partial charge in [-0.05, 0) is 74.3 Å². The van der Waals surface area contributed by atoms with Crippen LogP contribution in [0.3, 0.4) is 0 Å². The number of benzene rings is 1. The lowest BCUT2D eigenvalue weighted by Gasteiger charge is -2.39. The van der Waals surface area contributed by atoms with Crippen LogP contribution in [0.1, 0.15) is 31.4 Å². The van der Waals surface area contributed by atoms with Crippen LogP contribution < -0.4 is 10.6 Å². The molecule has 3 heterocycles. The molecule has 0 aliphatic carbocycles. The molecule has 2 aromatic rings. The number of hydrogen-bond acceptors (Lipinski definition) is 3. The van der Waals surface area contributed by atoms with Gasteiger partial charge in [0.15, 0.2) is 5.11 Å². The molecule has 2 N–H and O–H groups in total. The lowest BCUT2D eigenvalue weighted by Crippen LogP contribution is -2.50. The van der Waals surface area contributed by atoms with Gasteiger partial charge in [0.05, 0.1) is 12.8 Å². The molecule has 1 aromatic heterocycles. The molecule has 1 unspecified atom stereocenters. The molecule has 3 atom stereocenters. The van der Waals surface area contributed by atoms with Crippen LogP contribution in [0, 0.1) is 5.82 Å². The third-order valence-corrected chi connectivity index (χ3v) is 5.46. The highest BCUT2D eigenvalue weighted by molar-refractivity contribution is 7.80. The Kier molecular flexibility index (Phi) is 4.72. The van der Waals surface area contributed by atoms with Gasteiger partial charge in [-0.25, -0.2) is 4.39 Å². The second kappa shape index (κ2) is 7.14. The van der Waals surface area contributed by atoms with Gasteiger partial charge in [-0.15, -0.1) is 0 Å². The van der Waals surface area contributed by atoms with Crippen molar-refractivity contribution in [3.63, 3.8) is 0 Å². The fraction of sp³-hybridized carbons (Fsp3) is 0.421. The number of nitrogens with zero attached hydrogens (tertiary/aromatic N) is 1. The predicted octanol–water partition coefficient (Wildman–Crippen LogP) is 3.90. The highest BCUT2D eigenvalue weighted by Gasteiger charge is 2.41. The Bertz CT molecular complexity index is 705. The molecule has 2 aliphatic rings. The SMILES string of the molecule is Fc1ccc(NC(=S)NC2C[C@H]3CC[C@@H](C2)N3Cc2ccco2)cc1. The molecule has 4 rings (SSSR count). The molecule has 2 bridgehead atoms. The van der Waals surface area contributed by atoms with Gasteiger partial charge >= 0.3 is 0 Å². The smallest absolute Gasteiger partial charge is 0.170 e. The van der Waals surface area contributed by atoms with Crippen molar-refractivity contribution >= 4 is 23.0 Å². The number of halogens is 1. The van der Waals surface area contributed by atoms with Crippen LogP contribution >= 0.6 is 12.2 Å². The number of furan rings is 1. The molecular formula is C19H22FN3OS. The van der Waals surface area contributed by atoms with E-state index in [2.05, 4.69) is 15.5 Å². The normalized spacial score (nSPS) is 25.7. The number of rotatable bonds is 4. The summed E-state index contributed by atoms with van der Waals surface area (Å²) in [5.41, 5.74) is 0.803. The van der Waals surface area contributed by atoms with Gasteiger partial charge in [-0.2, -0.15) is 0 Å². The topological polar surface area (TPSA) is 40.4 Å². The molecule has 0 radical (unpaired) electrons. The summed E-state index contributed by atoms with van der Waals surface area (Å²) in [4.78, 5) is 2.58. The van der Waals surface area contributed by atoms with Crippen LogP contribution in [0.4, 0.5) is 10.1 Å². The van der Waals surface area contributed by atoms with Crippen molar-refractivity contribution in [2.24, 2.45) is 0 Å². The maximum atomic E-state index is 13.0. The first-order valence-corrected chi connectivity index (χ1v) is 9.19. The molecule has 2 fully saturated rings. The Morgan fingerprint density at radius 1 is 1.16 bits per heavy atom. The van der Waals surface area contributed by atoms with Gasteiger partial charge in [0.2, 0.25) is 0 Å². The van der Waals surface area contributed by atoms with Crippen LogP contribution in [0.15, 0.2) is 47.1 Å².